The minimum absolute atomic E-state index is 0.142. The van der Waals surface area contributed by atoms with E-state index in [1.807, 2.05) is 0 Å². The van der Waals surface area contributed by atoms with Crippen LogP contribution in [0.1, 0.15) is 296 Å². The highest BCUT2D eigenvalue weighted by molar-refractivity contribution is 5.70. The second kappa shape index (κ2) is 53.9. The molecule has 0 aliphatic carbocycles. The van der Waals surface area contributed by atoms with Gasteiger partial charge in [0.25, 0.3) is 0 Å². The van der Waals surface area contributed by atoms with E-state index in [4.69, 9.17) is 18.9 Å². The molecule has 0 saturated carbocycles. The summed E-state index contributed by atoms with van der Waals surface area (Å²) in [6.45, 7) is 3.93. The fourth-order valence-corrected chi connectivity index (χ4v) is 8.43. The first kappa shape index (κ1) is 65.5. The van der Waals surface area contributed by atoms with Crippen LogP contribution in [0.25, 0.3) is 0 Å². The standard InChI is InChI=1S/C58H108O10/c1-3-5-7-9-11-13-15-17-18-22-26-30-34-38-42-46-56(62)66-51-54(60)52-68-58(64)48-44-40-36-32-28-24-20-19-23-27-31-35-39-43-47-57(63)67-50-53(59)49-65-55(61)45-41-37-33-29-25-21-16-14-12-10-8-6-4-2/h19-20,53-54,59-60H,3-18,21-52H2,1-2H3/t53-,54?/m0/s1. The van der Waals surface area contributed by atoms with E-state index in [9.17, 15) is 29.4 Å². The lowest BCUT2D eigenvalue weighted by Crippen LogP contribution is -2.25. The minimum atomic E-state index is -0.997. The molecule has 0 fully saturated rings. The van der Waals surface area contributed by atoms with Gasteiger partial charge >= 0.3 is 23.9 Å². The third-order valence-corrected chi connectivity index (χ3v) is 12.9. The monoisotopic (exact) mass is 965 g/mol. The highest BCUT2D eigenvalue weighted by atomic mass is 16.6. The van der Waals surface area contributed by atoms with Gasteiger partial charge in [-0.2, -0.15) is 0 Å². The van der Waals surface area contributed by atoms with Gasteiger partial charge in [-0.1, -0.05) is 231 Å². The molecule has 0 aromatic heterocycles. The molecule has 0 bridgehead atoms. The van der Waals surface area contributed by atoms with E-state index in [0.29, 0.717) is 25.7 Å². The van der Waals surface area contributed by atoms with Crippen LogP contribution < -0.4 is 0 Å². The molecule has 0 aromatic carbocycles. The minimum Gasteiger partial charge on any atom is -0.463 e. The molecule has 400 valence electrons. The molecule has 68 heavy (non-hydrogen) atoms. The van der Waals surface area contributed by atoms with Gasteiger partial charge in [0.2, 0.25) is 0 Å². The van der Waals surface area contributed by atoms with Crippen molar-refractivity contribution in [3.8, 4) is 0 Å². The predicted molar refractivity (Wildman–Crippen MR) is 279 cm³/mol. The molecule has 10 nitrogen and oxygen atoms in total. The summed E-state index contributed by atoms with van der Waals surface area (Å²) in [6, 6.07) is 0. The van der Waals surface area contributed by atoms with Gasteiger partial charge < -0.3 is 29.2 Å². The number of carbonyl (C=O) groups excluding carboxylic acids is 4. The second-order valence-electron chi connectivity index (χ2n) is 19.8. The van der Waals surface area contributed by atoms with Gasteiger partial charge in [0.05, 0.1) is 0 Å². The highest BCUT2D eigenvalue weighted by Crippen LogP contribution is 2.16. The number of aliphatic hydroxyl groups excluding tert-OH is 2. The molecule has 0 amide bonds. The molecular weight excluding hydrogens is 857 g/mol. The summed E-state index contributed by atoms with van der Waals surface area (Å²) in [7, 11) is 0. The molecule has 0 spiro atoms. The first-order valence-electron chi connectivity index (χ1n) is 28.9. The molecule has 2 N–H and O–H groups in total. The van der Waals surface area contributed by atoms with E-state index in [1.54, 1.807) is 0 Å². The number of carbonyl (C=O) groups is 4. The van der Waals surface area contributed by atoms with Gasteiger partial charge in [-0.15, -0.1) is 0 Å². The average Bonchev–Trinajstić information content (AvgIpc) is 3.33. The Balaban J connectivity index is 3.49. The van der Waals surface area contributed by atoms with Gasteiger partial charge in [0.1, 0.15) is 38.6 Å². The second-order valence-corrected chi connectivity index (χ2v) is 19.8. The zero-order chi connectivity index (χ0) is 49.6. The Morgan fingerprint density at radius 3 is 0.676 bits per heavy atom. The molecule has 0 aliphatic heterocycles. The third-order valence-electron chi connectivity index (χ3n) is 12.9. The van der Waals surface area contributed by atoms with Gasteiger partial charge in [-0.3, -0.25) is 19.2 Å². The maximum atomic E-state index is 12.1. The Hall–Kier alpha value is -2.46. The van der Waals surface area contributed by atoms with Crippen molar-refractivity contribution in [1.29, 1.82) is 0 Å². The lowest BCUT2D eigenvalue weighted by Gasteiger charge is -2.12. The van der Waals surface area contributed by atoms with E-state index in [1.165, 1.54) is 141 Å². The van der Waals surface area contributed by atoms with Crippen LogP contribution in [0.15, 0.2) is 12.2 Å². The van der Waals surface area contributed by atoms with Gasteiger partial charge in [-0.25, -0.2) is 0 Å². The van der Waals surface area contributed by atoms with Crippen molar-refractivity contribution in [2.24, 2.45) is 0 Å². The molecule has 10 heteroatoms. The fraction of sp³-hybridized carbons (Fsp3) is 0.897. The number of aliphatic hydroxyl groups is 2. The Morgan fingerprint density at radius 2 is 0.471 bits per heavy atom. The quantitative estimate of drug-likeness (QED) is 0.0261. The van der Waals surface area contributed by atoms with Crippen molar-refractivity contribution in [2.75, 3.05) is 26.4 Å². The summed E-state index contributed by atoms with van der Waals surface area (Å²) in [4.78, 5) is 48.2. The first-order chi connectivity index (χ1) is 33.3. The summed E-state index contributed by atoms with van der Waals surface area (Å²) in [6.07, 6.45) is 51.6. The number of ether oxygens (including phenoxy) is 4. The lowest BCUT2D eigenvalue weighted by molar-refractivity contribution is -0.154. The Bertz CT molecular complexity index is 1140. The normalized spacial score (nSPS) is 12.4. The van der Waals surface area contributed by atoms with Crippen LogP contribution in [0.2, 0.25) is 0 Å². The number of esters is 4. The fourth-order valence-electron chi connectivity index (χ4n) is 8.43. The van der Waals surface area contributed by atoms with Crippen molar-refractivity contribution < 1.29 is 48.3 Å². The van der Waals surface area contributed by atoms with Crippen molar-refractivity contribution >= 4 is 23.9 Å². The SMILES string of the molecule is CCCCCCCCCCCCCCCCCC(=O)OCC(O)COC(=O)CCCCCCCC=CCCCCCCCC(=O)OC[C@@H](O)COC(=O)CCCCCCCCCCCCCCC. The molecule has 0 aliphatic rings. The van der Waals surface area contributed by atoms with Crippen LogP contribution in [-0.2, 0) is 38.1 Å². The molecule has 0 rings (SSSR count). The zero-order valence-electron chi connectivity index (χ0n) is 44.4. The summed E-state index contributed by atoms with van der Waals surface area (Å²) >= 11 is 0. The molecule has 2 atom stereocenters. The highest BCUT2D eigenvalue weighted by Gasteiger charge is 2.14. The Morgan fingerprint density at radius 1 is 0.294 bits per heavy atom. The number of rotatable bonds is 54. The first-order valence-corrected chi connectivity index (χ1v) is 28.9. The summed E-state index contributed by atoms with van der Waals surface area (Å²) in [5.74, 6) is -1.25. The van der Waals surface area contributed by atoms with Crippen molar-refractivity contribution in [1.82, 2.24) is 0 Å². The van der Waals surface area contributed by atoms with E-state index < -0.39 is 12.2 Å². The van der Waals surface area contributed by atoms with Crippen molar-refractivity contribution in [3.63, 3.8) is 0 Å². The molecule has 0 saturated heterocycles. The Kier molecular flexibility index (Phi) is 51.9. The predicted octanol–water partition coefficient (Wildman–Crippen LogP) is 15.6. The van der Waals surface area contributed by atoms with Gasteiger partial charge in [0, 0.05) is 25.7 Å². The summed E-state index contributed by atoms with van der Waals surface area (Å²) < 4.78 is 20.7. The summed E-state index contributed by atoms with van der Waals surface area (Å²) in [5, 5.41) is 20.1. The maximum Gasteiger partial charge on any atom is 0.305 e. The van der Waals surface area contributed by atoms with Gasteiger partial charge in [-0.05, 0) is 51.4 Å². The number of hydrogen-bond donors (Lipinski definition) is 2. The van der Waals surface area contributed by atoms with Crippen LogP contribution in [0.3, 0.4) is 0 Å². The van der Waals surface area contributed by atoms with Gasteiger partial charge in [0.15, 0.2) is 0 Å². The maximum absolute atomic E-state index is 12.1. The Labute approximate surface area is 418 Å². The summed E-state index contributed by atoms with van der Waals surface area (Å²) in [5.41, 5.74) is 0. The van der Waals surface area contributed by atoms with Crippen LogP contribution in [-0.4, -0.2) is 72.7 Å². The molecule has 0 aromatic rings. The van der Waals surface area contributed by atoms with E-state index in [2.05, 4.69) is 26.0 Å². The van der Waals surface area contributed by atoms with Crippen LogP contribution >= 0.6 is 0 Å². The zero-order valence-corrected chi connectivity index (χ0v) is 44.4. The molecule has 0 radical (unpaired) electrons. The van der Waals surface area contributed by atoms with Crippen LogP contribution in [0.5, 0.6) is 0 Å². The van der Waals surface area contributed by atoms with E-state index in [-0.39, 0.29) is 50.3 Å². The van der Waals surface area contributed by atoms with E-state index >= 15 is 0 Å². The average molecular weight is 965 g/mol. The number of unbranched alkanes of at least 4 members (excludes halogenated alkanes) is 36. The van der Waals surface area contributed by atoms with E-state index in [0.717, 1.165) is 116 Å². The lowest BCUT2D eigenvalue weighted by atomic mass is 10.0. The molecule has 1 unspecified atom stereocenters. The van der Waals surface area contributed by atoms with Crippen molar-refractivity contribution in [2.45, 2.75) is 309 Å². The smallest absolute Gasteiger partial charge is 0.305 e. The number of allylic oxidation sites excluding steroid dienone is 2. The van der Waals surface area contributed by atoms with Crippen molar-refractivity contribution in [3.05, 3.63) is 12.2 Å². The molecule has 0 heterocycles. The largest absolute Gasteiger partial charge is 0.463 e. The third kappa shape index (κ3) is 52.9. The number of hydrogen-bond acceptors (Lipinski definition) is 10. The topological polar surface area (TPSA) is 146 Å². The van der Waals surface area contributed by atoms with Crippen LogP contribution in [0, 0.1) is 0 Å². The molecular formula is C58H108O10. The van der Waals surface area contributed by atoms with Crippen LogP contribution in [0.4, 0.5) is 0 Å².